The molecular weight excluding hydrogens is 268 g/mol. The molecular formula is C16H26N2O3. The summed E-state index contributed by atoms with van der Waals surface area (Å²) in [7, 11) is 0. The van der Waals surface area contributed by atoms with Crippen molar-refractivity contribution in [2.75, 3.05) is 6.54 Å². The number of carboxylic acids is 1. The Balaban J connectivity index is 2.83. The molecule has 21 heavy (non-hydrogen) atoms. The van der Waals surface area contributed by atoms with E-state index < -0.39 is 11.4 Å². The number of rotatable bonds is 6. The lowest BCUT2D eigenvalue weighted by atomic mass is 9.77. The maximum Gasteiger partial charge on any atom is 0.310 e. The topological polar surface area (TPSA) is 81.4 Å². The zero-order valence-corrected chi connectivity index (χ0v) is 13.1. The molecule has 0 atom stereocenters. The SMILES string of the molecule is CC(C)N(CCC#N)C(=O)CC1(C(=O)O)CCCCCC1. The van der Waals surface area contributed by atoms with Crippen molar-refractivity contribution in [3.63, 3.8) is 0 Å². The van der Waals surface area contributed by atoms with Crippen molar-refractivity contribution in [2.45, 2.75) is 71.3 Å². The molecule has 1 fully saturated rings. The summed E-state index contributed by atoms with van der Waals surface area (Å²) in [6.45, 7) is 4.17. The first-order valence-electron chi connectivity index (χ1n) is 7.83. The second-order valence-electron chi connectivity index (χ2n) is 6.27. The van der Waals surface area contributed by atoms with Crippen molar-refractivity contribution >= 4 is 11.9 Å². The quantitative estimate of drug-likeness (QED) is 0.764. The summed E-state index contributed by atoms with van der Waals surface area (Å²) in [5.41, 5.74) is -0.909. The molecule has 5 nitrogen and oxygen atoms in total. The van der Waals surface area contributed by atoms with E-state index in [2.05, 4.69) is 0 Å². The maximum atomic E-state index is 12.5. The van der Waals surface area contributed by atoms with Gasteiger partial charge in [-0.3, -0.25) is 9.59 Å². The molecule has 0 heterocycles. The molecule has 118 valence electrons. The molecule has 0 unspecified atom stereocenters. The van der Waals surface area contributed by atoms with E-state index in [9.17, 15) is 14.7 Å². The van der Waals surface area contributed by atoms with Crippen LogP contribution in [-0.4, -0.2) is 34.5 Å². The van der Waals surface area contributed by atoms with Gasteiger partial charge in [-0.2, -0.15) is 5.26 Å². The number of carbonyl (C=O) groups excluding carboxylic acids is 1. The Kier molecular flexibility index (Phi) is 6.67. The van der Waals surface area contributed by atoms with Crippen molar-refractivity contribution < 1.29 is 14.7 Å². The maximum absolute atomic E-state index is 12.5. The van der Waals surface area contributed by atoms with Crippen LogP contribution in [0.1, 0.15) is 65.2 Å². The van der Waals surface area contributed by atoms with Gasteiger partial charge in [0.25, 0.3) is 0 Å². The Bertz CT molecular complexity index is 404. The zero-order chi connectivity index (χ0) is 15.9. The first-order valence-corrected chi connectivity index (χ1v) is 7.83. The number of nitriles is 1. The predicted molar refractivity (Wildman–Crippen MR) is 79.5 cm³/mol. The van der Waals surface area contributed by atoms with E-state index >= 15 is 0 Å². The van der Waals surface area contributed by atoms with Crippen LogP contribution in [0.3, 0.4) is 0 Å². The normalized spacial score (nSPS) is 17.8. The van der Waals surface area contributed by atoms with Gasteiger partial charge in [0.05, 0.1) is 17.9 Å². The van der Waals surface area contributed by atoms with E-state index in [1.807, 2.05) is 19.9 Å². The third-order valence-corrected chi connectivity index (χ3v) is 4.41. The van der Waals surface area contributed by atoms with Gasteiger partial charge in [0.15, 0.2) is 0 Å². The minimum absolute atomic E-state index is 0.0116. The molecule has 0 aromatic rings. The third-order valence-electron chi connectivity index (χ3n) is 4.41. The minimum Gasteiger partial charge on any atom is -0.481 e. The fourth-order valence-corrected chi connectivity index (χ4v) is 3.10. The Morgan fingerprint density at radius 2 is 1.81 bits per heavy atom. The van der Waals surface area contributed by atoms with Crippen LogP contribution in [0.4, 0.5) is 0 Å². The highest BCUT2D eigenvalue weighted by Crippen LogP contribution is 2.39. The number of carboxylic acid groups (broad SMARTS) is 1. The molecule has 1 saturated carbocycles. The fourth-order valence-electron chi connectivity index (χ4n) is 3.10. The monoisotopic (exact) mass is 294 g/mol. The second-order valence-corrected chi connectivity index (χ2v) is 6.27. The summed E-state index contributed by atoms with van der Waals surface area (Å²) < 4.78 is 0. The highest BCUT2D eigenvalue weighted by Gasteiger charge is 2.41. The van der Waals surface area contributed by atoms with Crippen LogP contribution < -0.4 is 0 Å². The molecule has 1 aliphatic rings. The van der Waals surface area contributed by atoms with Crippen LogP contribution >= 0.6 is 0 Å². The van der Waals surface area contributed by atoms with Crippen molar-refractivity contribution in [1.82, 2.24) is 4.90 Å². The highest BCUT2D eigenvalue weighted by atomic mass is 16.4. The second kappa shape index (κ2) is 8.02. The first kappa shape index (κ1) is 17.5. The van der Waals surface area contributed by atoms with Crippen LogP contribution in [0, 0.1) is 16.7 Å². The van der Waals surface area contributed by atoms with Crippen LogP contribution in [0.5, 0.6) is 0 Å². The number of amides is 1. The van der Waals surface area contributed by atoms with Crippen LogP contribution in [0.2, 0.25) is 0 Å². The Hall–Kier alpha value is -1.57. The van der Waals surface area contributed by atoms with Crippen molar-refractivity contribution in [3.05, 3.63) is 0 Å². The van der Waals surface area contributed by atoms with E-state index in [1.165, 1.54) is 0 Å². The first-order chi connectivity index (χ1) is 9.93. The van der Waals surface area contributed by atoms with Crippen molar-refractivity contribution in [3.8, 4) is 6.07 Å². The smallest absolute Gasteiger partial charge is 0.310 e. The van der Waals surface area contributed by atoms with Crippen LogP contribution in [-0.2, 0) is 9.59 Å². The summed E-state index contributed by atoms with van der Waals surface area (Å²) in [5, 5.41) is 18.3. The Morgan fingerprint density at radius 3 is 2.24 bits per heavy atom. The molecule has 0 bridgehead atoms. The van der Waals surface area contributed by atoms with Crippen LogP contribution in [0.25, 0.3) is 0 Å². The molecule has 0 aliphatic heterocycles. The van der Waals surface area contributed by atoms with Gasteiger partial charge in [-0.05, 0) is 26.7 Å². The van der Waals surface area contributed by atoms with E-state index in [0.717, 1.165) is 25.7 Å². The molecule has 1 N–H and O–H groups in total. The lowest BCUT2D eigenvalue weighted by Crippen LogP contribution is -2.43. The molecule has 0 aromatic heterocycles. The Labute approximate surface area is 126 Å². The molecule has 0 saturated heterocycles. The lowest BCUT2D eigenvalue weighted by molar-refractivity contribution is -0.155. The van der Waals surface area contributed by atoms with Gasteiger partial charge in [-0.1, -0.05) is 25.7 Å². The third kappa shape index (κ3) is 4.73. The van der Waals surface area contributed by atoms with Gasteiger partial charge in [0.1, 0.15) is 0 Å². The van der Waals surface area contributed by atoms with Crippen molar-refractivity contribution in [2.24, 2.45) is 5.41 Å². The lowest BCUT2D eigenvalue weighted by Gasteiger charge is -2.32. The number of hydrogen-bond donors (Lipinski definition) is 1. The average molecular weight is 294 g/mol. The average Bonchev–Trinajstić information content (AvgIpc) is 2.65. The number of aliphatic carboxylic acids is 1. The molecule has 1 aliphatic carbocycles. The largest absolute Gasteiger partial charge is 0.481 e. The highest BCUT2D eigenvalue weighted by molar-refractivity contribution is 5.85. The van der Waals surface area contributed by atoms with Gasteiger partial charge in [-0.15, -0.1) is 0 Å². The van der Waals surface area contributed by atoms with E-state index in [1.54, 1.807) is 4.90 Å². The molecule has 1 amide bonds. The summed E-state index contributed by atoms with van der Waals surface area (Å²) >= 11 is 0. The number of hydrogen-bond acceptors (Lipinski definition) is 3. The van der Waals surface area contributed by atoms with Gasteiger partial charge in [0, 0.05) is 19.0 Å². The van der Waals surface area contributed by atoms with E-state index in [4.69, 9.17) is 5.26 Å². The van der Waals surface area contributed by atoms with Crippen LogP contribution in [0.15, 0.2) is 0 Å². The Morgan fingerprint density at radius 1 is 1.24 bits per heavy atom. The summed E-state index contributed by atoms with van der Waals surface area (Å²) in [6, 6.07) is 2.03. The fraction of sp³-hybridized carbons (Fsp3) is 0.812. The molecule has 5 heteroatoms. The van der Waals surface area contributed by atoms with E-state index in [0.29, 0.717) is 19.4 Å². The van der Waals surface area contributed by atoms with Gasteiger partial charge in [0.2, 0.25) is 5.91 Å². The number of nitrogens with zero attached hydrogens (tertiary/aromatic N) is 2. The zero-order valence-electron chi connectivity index (χ0n) is 13.1. The molecule has 0 spiro atoms. The standard InChI is InChI=1S/C16H26N2O3/c1-13(2)18(11-7-10-17)14(19)12-16(15(20)21)8-5-3-4-6-9-16/h13H,3-9,11-12H2,1-2H3,(H,20,21). The number of carbonyl (C=O) groups is 2. The molecule has 0 radical (unpaired) electrons. The van der Waals surface area contributed by atoms with Gasteiger partial charge < -0.3 is 10.0 Å². The minimum atomic E-state index is -0.909. The molecule has 1 rings (SSSR count). The van der Waals surface area contributed by atoms with Gasteiger partial charge >= 0.3 is 5.97 Å². The van der Waals surface area contributed by atoms with Crippen molar-refractivity contribution in [1.29, 1.82) is 5.26 Å². The summed E-state index contributed by atoms with van der Waals surface area (Å²) in [5.74, 6) is -0.980. The molecule has 0 aromatic carbocycles. The predicted octanol–water partition coefficient (Wildman–Crippen LogP) is 2.95. The van der Waals surface area contributed by atoms with E-state index in [-0.39, 0.29) is 24.8 Å². The summed E-state index contributed by atoms with van der Waals surface area (Å²) in [6.07, 6.45) is 5.35. The summed E-state index contributed by atoms with van der Waals surface area (Å²) in [4.78, 5) is 25.9. The van der Waals surface area contributed by atoms with Gasteiger partial charge in [-0.25, -0.2) is 0 Å².